The highest BCUT2D eigenvalue weighted by Crippen LogP contribution is 1.86. The highest BCUT2D eigenvalue weighted by atomic mass is 16.7. The minimum Gasteiger partial charge on any atom is -0.434 e. The Bertz CT molecular complexity index is 103. The van der Waals surface area contributed by atoms with E-state index in [0.717, 1.165) is 0 Å². The molecule has 0 bridgehead atoms. The predicted molar refractivity (Wildman–Crippen MR) is 36.1 cm³/mol. The summed E-state index contributed by atoms with van der Waals surface area (Å²) < 4.78 is 8.80. The fraction of sp³-hybridized carbons (Fsp3) is 0.833. The van der Waals surface area contributed by atoms with Crippen molar-refractivity contribution in [3.63, 3.8) is 0 Å². The monoisotopic (exact) mass is 164 g/mol. The van der Waals surface area contributed by atoms with Gasteiger partial charge in [-0.05, 0) is 0 Å². The Labute approximate surface area is 64.5 Å². The fourth-order valence-electron chi connectivity index (χ4n) is 0.391. The van der Waals surface area contributed by atoms with Crippen molar-refractivity contribution >= 4 is 6.16 Å². The van der Waals surface area contributed by atoms with Gasteiger partial charge in [0, 0.05) is 13.0 Å². The smallest absolute Gasteiger partial charge is 0.434 e. The van der Waals surface area contributed by atoms with E-state index in [0.29, 0.717) is 6.42 Å². The highest BCUT2D eigenvalue weighted by molar-refractivity contribution is 5.59. The Hall–Kier alpha value is -0.810. The van der Waals surface area contributed by atoms with Crippen LogP contribution < -0.4 is 0 Å². The maximum Gasteiger partial charge on any atom is 0.508 e. The van der Waals surface area contributed by atoms with Gasteiger partial charge in [0.05, 0.1) is 13.2 Å². The Morgan fingerprint density at radius 1 is 1.09 bits per heavy atom. The van der Waals surface area contributed by atoms with Gasteiger partial charge in [-0.3, -0.25) is 0 Å². The Balaban J connectivity index is 3.09. The molecule has 11 heavy (non-hydrogen) atoms. The number of aliphatic hydroxyl groups excluding tert-OH is 2. The van der Waals surface area contributed by atoms with Gasteiger partial charge in [0.15, 0.2) is 0 Å². The van der Waals surface area contributed by atoms with Gasteiger partial charge in [-0.2, -0.15) is 0 Å². The van der Waals surface area contributed by atoms with E-state index in [1.165, 1.54) is 0 Å². The lowest BCUT2D eigenvalue weighted by Gasteiger charge is -2.02. The van der Waals surface area contributed by atoms with Gasteiger partial charge in [0.2, 0.25) is 0 Å². The zero-order chi connectivity index (χ0) is 8.53. The highest BCUT2D eigenvalue weighted by Gasteiger charge is 2.00. The van der Waals surface area contributed by atoms with E-state index >= 15 is 0 Å². The van der Waals surface area contributed by atoms with E-state index < -0.39 is 6.16 Å². The summed E-state index contributed by atoms with van der Waals surface area (Å²) in [6, 6.07) is 0. The normalized spacial score (nSPS) is 9.27. The van der Waals surface area contributed by atoms with E-state index in [1.54, 1.807) is 0 Å². The molecule has 0 aliphatic heterocycles. The van der Waals surface area contributed by atoms with Crippen molar-refractivity contribution in [1.29, 1.82) is 0 Å². The molecule has 0 amide bonds. The Kier molecular flexibility index (Phi) is 6.76. The summed E-state index contributed by atoms with van der Waals surface area (Å²) in [7, 11) is 0. The quantitative estimate of drug-likeness (QED) is 0.423. The first-order valence-electron chi connectivity index (χ1n) is 3.32. The molecular formula is C6H12O5. The molecule has 0 unspecified atom stereocenters. The number of hydrogen-bond donors (Lipinski definition) is 2. The molecule has 0 radical (unpaired) electrons. The molecule has 0 aliphatic carbocycles. The van der Waals surface area contributed by atoms with E-state index in [9.17, 15) is 4.79 Å². The second-order valence-electron chi connectivity index (χ2n) is 1.75. The molecule has 0 heterocycles. The SMILES string of the molecule is O=C(OCCO)OCCCO. The van der Waals surface area contributed by atoms with Gasteiger partial charge in [0.25, 0.3) is 0 Å². The molecule has 66 valence electrons. The minimum absolute atomic E-state index is 0.0206. The number of carbonyl (C=O) groups excluding carboxylic acids is 1. The number of rotatable bonds is 5. The summed E-state index contributed by atoms with van der Waals surface area (Å²) in [5.74, 6) is 0. The second-order valence-corrected chi connectivity index (χ2v) is 1.75. The summed E-state index contributed by atoms with van der Waals surface area (Å²) in [5, 5.41) is 16.5. The average molecular weight is 164 g/mol. The third-order valence-electron chi connectivity index (χ3n) is 0.834. The molecule has 2 N–H and O–H groups in total. The van der Waals surface area contributed by atoms with Gasteiger partial charge in [0.1, 0.15) is 6.61 Å². The first kappa shape index (κ1) is 10.2. The van der Waals surface area contributed by atoms with Crippen LogP contribution in [-0.2, 0) is 9.47 Å². The van der Waals surface area contributed by atoms with Crippen molar-refractivity contribution in [2.45, 2.75) is 6.42 Å². The molecule has 0 aromatic heterocycles. The van der Waals surface area contributed by atoms with Gasteiger partial charge in [-0.25, -0.2) is 4.79 Å². The van der Waals surface area contributed by atoms with E-state index in [2.05, 4.69) is 9.47 Å². The van der Waals surface area contributed by atoms with Gasteiger partial charge < -0.3 is 19.7 Å². The zero-order valence-corrected chi connectivity index (χ0v) is 6.15. The van der Waals surface area contributed by atoms with Gasteiger partial charge in [-0.1, -0.05) is 0 Å². The van der Waals surface area contributed by atoms with Crippen molar-refractivity contribution in [2.24, 2.45) is 0 Å². The Morgan fingerprint density at radius 2 is 1.73 bits per heavy atom. The lowest BCUT2D eigenvalue weighted by Crippen LogP contribution is -2.11. The molecule has 0 rings (SSSR count). The summed E-state index contributed by atoms with van der Waals surface area (Å²) in [4.78, 5) is 10.4. The number of hydrogen-bond acceptors (Lipinski definition) is 5. The molecule has 0 saturated carbocycles. The topological polar surface area (TPSA) is 76.0 Å². The molecule has 0 aromatic rings. The molecule has 0 aliphatic rings. The van der Waals surface area contributed by atoms with Crippen LogP contribution in [0.25, 0.3) is 0 Å². The largest absolute Gasteiger partial charge is 0.508 e. The standard InChI is InChI=1S/C6H12O5/c7-2-1-4-10-6(9)11-5-3-8/h7-8H,1-5H2. The summed E-state index contributed by atoms with van der Waals surface area (Å²) in [5.41, 5.74) is 0. The van der Waals surface area contributed by atoms with Crippen molar-refractivity contribution in [1.82, 2.24) is 0 Å². The fourth-order valence-corrected chi connectivity index (χ4v) is 0.391. The number of aliphatic hydroxyl groups is 2. The van der Waals surface area contributed by atoms with Crippen LogP contribution in [-0.4, -0.2) is 42.8 Å². The summed E-state index contributed by atoms with van der Waals surface area (Å²) in [6.45, 7) is -0.152. The molecule has 5 heteroatoms. The third kappa shape index (κ3) is 7.08. The average Bonchev–Trinajstić information content (AvgIpc) is 2.01. The van der Waals surface area contributed by atoms with Crippen LogP contribution in [0.1, 0.15) is 6.42 Å². The molecule has 0 spiro atoms. The van der Waals surface area contributed by atoms with Crippen molar-refractivity contribution in [3.8, 4) is 0 Å². The van der Waals surface area contributed by atoms with E-state index in [-0.39, 0.29) is 26.4 Å². The van der Waals surface area contributed by atoms with Crippen LogP contribution in [0.2, 0.25) is 0 Å². The molecule has 0 saturated heterocycles. The molecule has 0 aromatic carbocycles. The van der Waals surface area contributed by atoms with E-state index in [4.69, 9.17) is 10.2 Å². The number of carbonyl (C=O) groups is 1. The minimum atomic E-state index is -0.812. The zero-order valence-electron chi connectivity index (χ0n) is 6.15. The predicted octanol–water partition coefficient (Wildman–Crippen LogP) is -0.486. The second kappa shape index (κ2) is 7.30. The molecule has 5 nitrogen and oxygen atoms in total. The van der Waals surface area contributed by atoms with Crippen LogP contribution in [0.15, 0.2) is 0 Å². The van der Waals surface area contributed by atoms with Crippen LogP contribution in [0.5, 0.6) is 0 Å². The van der Waals surface area contributed by atoms with Crippen LogP contribution >= 0.6 is 0 Å². The van der Waals surface area contributed by atoms with Crippen molar-refractivity contribution < 1.29 is 24.5 Å². The van der Waals surface area contributed by atoms with E-state index in [1.807, 2.05) is 0 Å². The van der Waals surface area contributed by atoms with Crippen molar-refractivity contribution in [2.75, 3.05) is 26.4 Å². The van der Waals surface area contributed by atoms with Crippen LogP contribution in [0, 0.1) is 0 Å². The lowest BCUT2D eigenvalue weighted by atomic mass is 10.5. The first-order chi connectivity index (χ1) is 5.31. The Morgan fingerprint density at radius 3 is 2.27 bits per heavy atom. The molecule has 0 atom stereocenters. The summed E-state index contributed by atoms with van der Waals surface area (Å²) in [6.07, 6.45) is -0.415. The van der Waals surface area contributed by atoms with Crippen LogP contribution in [0.3, 0.4) is 0 Å². The molecule has 0 fully saturated rings. The lowest BCUT2D eigenvalue weighted by molar-refractivity contribution is 0.0403. The maximum absolute atomic E-state index is 10.4. The van der Waals surface area contributed by atoms with Gasteiger partial charge >= 0.3 is 6.16 Å². The molecular weight excluding hydrogens is 152 g/mol. The van der Waals surface area contributed by atoms with Crippen LogP contribution in [0.4, 0.5) is 4.79 Å². The first-order valence-corrected chi connectivity index (χ1v) is 3.32. The summed E-state index contributed by atoms with van der Waals surface area (Å²) >= 11 is 0. The van der Waals surface area contributed by atoms with Gasteiger partial charge in [-0.15, -0.1) is 0 Å². The third-order valence-corrected chi connectivity index (χ3v) is 0.834. The van der Waals surface area contributed by atoms with Crippen molar-refractivity contribution in [3.05, 3.63) is 0 Å². The maximum atomic E-state index is 10.4. The number of ether oxygens (including phenoxy) is 2.